The maximum absolute atomic E-state index is 4.99. The number of ether oxygens (including phenoxy) is 1. The summed E-state index contributed by atoms with van der Waals surface area (Å²) in [5, 5.41) is 3.17. The average molecular weight is 230 g/mol. The number of methoxy groups -OCH3 is 1. The Bertz CT molecular complexity index is 458. The van der Waals surface area contributed by atoms with Gasteiger partial charge < -0.3 is 10.1 Å². The second-order valence-corrected chi connectivity index (χ2v) is 3.57. The van der Waals surface area contributed by atoms with E-state index in [0.29, 0.717) is 11.7 Å². The van der Waals surface area contributed by atoms with E-state index in [1.54, 1.807) is 25.7 Å². The Morgan fingerprint density at radius 2 is 1.94 bits per heavy atom. The summed E-state index contributed by atoms with van der Waals surface area (Å²) in [7, 11) is 1.59. The van der Waals surface area contributed by atoms with Crippen molar-refractivity contribution in [1.29, 1.82) is 0 Å². The van der Waals surface area contributed by atoms with Gasteiger partial charge in [0, 0.05) is 6.20 Å². The number of nitrogens with zero attached hydrogens (tertiary/aromatic N) is 3. The van der Waals surface area contributed by atoms with Crippen LogP contribution in [0, 0.1) is 0 Å². The lowest BCUT2D eigenvalue weighted by Gasteiger charge is -2.12. The molecule has 0 fully saturated rings. The maximum Gasteiger partial charge on any atom is 0.223 e. The van der Waals surface area contributed by atoms with Gasteiger partial charge in [-0.15, -0.1) is 0 Å². The van der Waals surface area contributed by atoms with E-state index in [0.717, 1.165) is 5.69 Å². The van der Waals surface area contributed by atoms with Crippen LogP contribution >= 0.6 is 0 Å². The van der Waals surface area contributed by atoms with Crippen LogP contribution in [0.1, 0.15) is 18.7 Å². The Labute approximate surface area is 99.9 Å². The van der Waals surface area contributed by atoms with Crippen LogP contribution < -0.4 is 10.1 Å². The molecule has 17 heavy (non-hydrogen) atoms. The predicted molar refractivity (Wildman–Crippen MR) is 64.9 cm³/mol. The van der Waals surface area contributed by atoms with E-state index in [1.165, 1.54) is 0 Å². The van der Waals surface area contributed by atoms with Crippen LogP contribution in [0.25, 0.3) is 0 Å². The van der Waals surface area contributed by atoms with Crippen LogP contribution in [0.5, 0.6) is 5.75 Å². The largest absolute Gasteiger partial charge is 0.494 e. The number of anilines is 1. The number of hydrogen-bond acceptors (Lipinski definition) is 5. The van der Waals surface area contributed by atoms with Crippen LogP contribution in [0.2, 0.25) is 0 Å². The Hall–Kier alpha value is -2.17. The summed E-state index contributed by atoms with van der Waals surface area (Å²) in [5.74, 6) is 1.20. The van der Waals surface area contributed by atoms with Gasteiger partial charge in [-0.2, -0.15) is 0 Å². The van der Waals surface area contributed by atoms with Gasteiger partial charge in [0.1, 0.15) is 0 Å². The van der Waals surface area contributed by atoms with Gasteiger partial charge in [-0.1, -0.05) is 6.07 Å². The lowest BCUT2D eigenvalue weighted by molar-refractivity contribution is 0.411. The van der Waals surface area contributed by atoms with E-state index in [-0.39, 0.29) is 6.04 Å². The van der Waals surface area contributed by atoms with E-state index in [1.807, 2.05) is 25.1 Å². The van der Waals surface area contributed by atoms with Crippen molar-refractivity contribution in [3.8, 4) is 5.75 Å². The van der Waals surface area contributed by atoms with Gasteiger partial charge in [0.25, 0.3) is 0 Å². The molecule has 1 unspecified atom stereocenters. The molecule has 0 aliphatic carbocycles. The van der Waals surface area contributed by atoms with Gasteiger partial charge in [0.2, 0.25) is 5.95 Å². The summed E-state index contributed by atoms with van der Waals surface area (Å²) in [6.07, 6.45) is 5.02. The van der Waals surface area contributed by atoms with E-state index >= 15 is 0 Å². The van der Waals surface area contributed by atoms with Gasteiger partial charge in [-0.05, 0) is 19.1 Å². The zero-order valence-corrected chi connectivity index (χ0v) is 9.79. The fraction of sp³-hybridized carbons (Fsp3) is 0.250. The second-order valence-electron chi connectivity index (χ2n) is 3.57. The highest BCUT2D eigenvalue weighted by molar-refractivity contribution is 5.30. The van der Waals surface area contributed by atoms with Gasteiger partial charge in [0.15, 0.2) is 5.75 Å². The Kier molecular flexibility index (Phi) is 3.49. The van der Waals surface area contributed by atoms with Gasteiger partial charge in [0.05, 0.1) is 31.2 Å². The highest BCUT2D eigenvalue weighted by Crippen LogP contribution is 2.14. The molecule has 0 aliphatic rings. The minimum Gasteiger partial charge on any atom is -0.494 e. The summed E-state index contributed by atoms with van der Waals surface area (Å²) in [6, 6.07) is 5.86. The Morgan fingerprint density at radius 3 is 2.53 bits per heavy atom. The molecule has 0 spiro atoms. The topological polar surface area (TPSA) is 59.9 Å². The molecule has 0 amide bonds. The van der Waals surface area contributed by atoms with Crippen LogP contribution in [0.4, 0.5) is 5.95 Å². The number of aromatic nitrogens is 3. The van der Waals surface area contributed by atoms with Gasteiger partial charge in [-0.3, -0.25) is 4.98 Å². The Balaban J connectivity index is 2.05. The predicted octanol–water partition coefficient (Wildman–Crippen LogP) is 2.05. The summed E-state index contributed by atoms with van der Waals surface area (Å²) in [5.41, 5.74) is 0.951. The van der Waals surface area contributed by atoms with Crippen LogP contribution in [0.15, 0.2) is 36.8 Å². The molecule has 0 aromatic carbocycles. The molecular weight excluding hydrogens is 216 g/mol. The van der Waals surface area contributed by atoms with Crippen molar-refractivity contribution >= 4 is 5.95 Å². The number of pyridine rings is 1. The molecule has 0 radical (unpaired) electrons. The summed E-state index contributed by atoms with van der Waals surface area (Å²) in [4.78, 5) is 12.5. The molecule has 2 heterocycles. The molecule has 1 N–H and O–H groups in total. The minimum absolute atomic E-state index is 0.0598. The first-order valence-corrected chi connectivity index (χ1v) is 5.33. The zero-order chi connectivity index (χ0) is 12.1. The molecule has 5 heteroatoms. The molecule has 0 saturated carbocycles. The van der Waals surface area contributed by atoms with E-state index in [2.05, 4.69) is 20.3 Å². The van der Waals surface area contributed by atoms with Gasteiger partial charge >= 0.3 is 0 Å². The first-order chi connectivity index (χ1) is 8.29. The van der Waals surface area contributed by atoms with E-state index in [9.17, 15) is 0 Å². The molecule has 2 aromatic heterocycles. The van der Waals surface area contributed by atoms with Crippen LogP contribution in [0.3, 0.4) is 0 Å². The highest BCUT2D eigenvalue weighted by Gasteiger charge is 2.07. The molecule has 1 atom stereocenters. The summed E-state index contributed by atoms with van der Waals surface area (Å²) < 4.78 is 4.99. The third-order valence-electron chi connectivity index (χ3n) is 2.34. The van der Waals surface area contributed by atoms with Crippen LogP contribution in [-0.2, 0) is 0 Å². The summed E-state index contributed by atoms with van der Waals surface area (Å²) in [6.45, 7) is 2.01. The summed E-state index contributed by atoms with van der Waals surface area (Å²) >= 11 is 0. The molecule has 88 valence electrons. The smallest absolute Gasteiger partial charge is 0.223 e. The van der Waals surface area contributed by atoms with Crippen molar-refractivity contribution in [2.45, 2.75) is 13.0 Å². The van der Waals surface area contributed by atoms with E-state index < -0.39 is 0 Å². The lowest BCUT2D eigenvalue weighted by atomic mass is 10.2. The standard InChI is InChI=1S/C12H14N4O/c1-9(11-5-3-4-6-13-11)16-12-14-7-10(17-2)8-15-12/h3-9H,1-2H3,(H,14,15,16). The monoisotopic (exact) mass is 230 g/mol. The number of nitrogens with one attached hydrogen (secondary N) is 1. The van der Waals surface area contributed by atoms with Crippen LogP contribution in [-0.4, -0.2) is 22.1 Å². The molecule has 0 saturated heterocycles. The van der Waals surface area contributed by atoms with Crippen molar-refractivity contribution in [2.24, 2.45) is 0 Å². The first kappa shape index (κ1) is 11.3. The fourth-order valence-corrected chi connectivity index (χ4v) is 1.40. The lowest BCUT2D eigenvalue weighted by Crippen LogP contribution is -2.10. The average Bonchev–Trinajstić information content (AvgIpc) is 2.40. The highest BCUT2D eigenvalue weighted by atomic mass is 16.5. The van der Waals surface area contributed by atoms with Crippen molar-refractivity contribution in [2.75, 3.05) is 12.4 Å². The molecular formula is C12H14N4O. The minimum atomic E-state index is 0.0598. The third-order valence-corrected chi connectivity index (χ3v) is 2.34. The molecule has 5 nitrogen and oxygen atoms in total. The quantitative estimate of drug-likeness (QED) is 0.871. The van der Waals surface area contributed by atoms with Crippen molar-refractivity contribution in [3.63, 3.8) is 0 Å². The normalized spacial score (nSPS) is 11.9. The molecule has 2 rings (SSSR count). The number of hydrogen-bond donors (Lipinski definition) is 1. The zero-order valence-electron chi connectivity index (χ0n) is 9.79. The first-order valence-electron chi connectivity index (χ1n) is 5.33. The molecule has 0 bridgehead atoms. The van der Waals surface area contributed by atoms with Crippen molar-refractivity contribution in [3.05, 3.63) is 42.5 Å². The van der Waals surface area contributed by atoms with Gasteiger partial charge in [-0.25, -0.2) is 9.97 Å². The Morgan fingerprint density at radius 1 is 1.18 bits per heavy atom. The SMILES string of the molecule is COc1cnc(NC(C)c2ccccn2)nc1. The van der Waals surface area contributed by atoms with Crippen molar-refractivity contribution < 1.29 is 4.74 Å². The number of rotatable bonds is 4. The molecule has 2 aromatic rings. The van der Waals surface area contributed by atoms with Crippen molar-refractivity contribution in [1.82, 2.24) is 15.0 Å². The third kappa shape index (κ3) is 2.90. The molecule has 0 aliphatic heterocycles. The fourth-order valence-electron chi connectivity index (χ4n) is 1.40. The van der Waals surface area contributed by atoms with E-state index in [4.69, 9.17) is 4.74 Å². The second kappa shape index (κ2) is 5.25. The maximum atomic E-state index is 4.99.